The van der Waals surface area contributed by atoms with E-state index in [1.165, 1.54) is 0 Å². The summed E-state index contributed by atoms with van der Waals surface area (Å²) in [5, 5.41) is 0. The second kappa shape index (κ2) is 7.24. The quantitative estimate of drug-likeness (QED) is 0.632. The molecular formula is C11H14O3. The zero-order chi connectivity index (χ0) is 10.1. The zero-order valence-electron chi connectivity index (χ0n) is 7.96. The number of hydrogen-bond donors (Lipinski definition) is 0. The van der Waals surface area contributed by atoms with Gasteiger partial charge in [0.2, 0.25) is 0 Å². The van der Waals surface area contributed by atoms with Crippen LogP contribution in [-0.2, 0) is 14.3 Å². The molecule has 1 atom stereocenters. The number of carbonyl (C=O) groups is 1. The van der Waals surface area contributed by atoms with Gasteiger partial charge in [-0.15, -0.1) is 0 Å². The first-order valence-electron chi connectivity index (χ1n) is 4.58. The molecule has 0 aliphatic carbocycles. The van der Waals surface area contributed by atoms with E-state index < -0.39 is 0 Å². The molecule has 1 aromatic carbocycles. The van der Waals surface area contributed by atoms with E-state index in [0.29, 0.717) is 19.8 Å². The number of aldehydes is 1. The smallest absolute Gasteiger partial charge is 0.151 e. The summed E-state index contributed by atoms with van der Waals surface area (Å²) in [5.41, 5.74) is 0. The van der Waals surface area contributed by atoms with E-state index in [0.717, 1.165) is 6.29 Å². The Morgan fingerprint density at radius 3 is 1.86 bits per heavy atom. The highest BCUT2D eigenvalue weighted by molar-refractivity contribution is 5.56. The lowest BCUT2D eigenvalue weighted by Gasteiger charge is -2.17. The fourth-order valence-electron chi connectivity index (χ4n) is 0.969. The first kappa shape index (κ1) is 10.9. The Morgan fingerprint density at radius 2 is 1.57 bits per heavy atom. The third-order valence-electron chi connectivity index (χ3n) is 1.66. The summed E-state index contributed by atoms with van der Waals surface area (Å²) in [7, 11) is 0. The van der Waals surface area contributed by atoms with Crippen molar-refractivity contribution in [2.24, 2.45) is 0 Å². The third-order valence-corrected chi connectivity index (χ3v) is 1.66. The van der Waals surface area contributed by atoms with Gasteiger partial charge in [-0.1, -0.05) is 36.4 Å². The molecule has 0 amide bonds. The van der Waals surface area contributed by atoms with Crippen molar-refractivity contribution >= 4 is 6.29 Å². The van der Waals surface area contributed by atoms with E-state index in [4.69, 9.17) is 9.47 Å². The minimum absolute atomic E-state index is 0.316. The maximum Gasteiger partial charge on any atom is 0.151 e. The lowest BCUT2D eigenvalue weighted by Crippen LogP contribution is -2.29. The molecule has 14 heavy (non-hydrogen) atoms. The lowest BCUT2D eigenvalue weighted by molar-refractivity contribution is -0.133. The number of ether oxygens (including phenoxy) is 2. The maximum absolute atomic E-state index is 9.95. The molecule has 3 nitrogen and oxygen atoms in total. The molecule has 3 heteroatoms. The van der Waals surface area contributed by atoms with Crippen molar-refractivity contribution in [2.45, 2.75) is 6.10 Å². The third kappa shape index (κ3) is 4.74. The SMILES string of the molecule is O=CC1COCCO1.c1ccccc1. The Balaban J connectivity index is 0.000000146. The first-order chi connectivity index (χ1) is 6.93. The molecule has 2 rings (SSSR count). The predicted molar refractivity (Wildman–Crippen MR) is 53.1 cm³/mol. The van der Waals surface area contributed by atoms with E-state index >= 15 is 0 Å². The molecule has 1 saturated heterocycles. The average Bonchev–Trinajstić information content (AvgIpc) is 2.33. The second-order valence-electron chi connectivity index (χ2n) is 2.77. The number of benzene rings is 1. The molecule has 76 valence electrons. The molecule has 0 bridgehead atoms. The molecule has 0 spiro atoms. The van der Waals surface area contributed by atoms with Crippen LogP contribution in [0.1, 0.15) is 0 Å². The van der Waals surface area contributed by atoms with Crippen molar-refractivity contribution in [3.63, 3.8) is 0 Å². The summed E-state index contributed by atoms with van der Waals surface area (Å²) < 4.78 is 9.85. The van der Waals surface area contributed by atoms with Crippen molar-refractivity contribution in [2.75, 3.05) is 19.8 Å². The summed E-state index contributed by atoms with van der Waals surface area (Å²) in [6, 6.07) is 12.0. The van der Waals surface area contributed by atoms with Crippen molar-refractivity contribution in [1.82, 2.24) is 0 Å². The molecule has 1 fully saturated rings. The summed E-state index contributed by atoms with van der Waals surface area (Å²) >= 11 is 0. The highest BCUT2D eigenvalue weighted by Crippen LogP contribution is 1.95. The van der Waals surface area contributed by atoms with E-state index in [1.807, 2.05) is 36.4 Å². The molecule has 0 aromatic heterocycles. The van der Waals surface area contributed by atoms with Crippen molar-refractivity contribution in [1.29, 1.82) is 0 Å². The van der Waals surface area contributed by atoms with Gasteiger partial charge >= 0.3 is 0 Å². The number of hydrogen-bond acceptors (Lipinski definition) is 3. The summed E-state index contributed by atoms with van der Waals surface area (Å²) in [5.74, 6) is 0. The topological polar surface area (TPSA) is 35.5 Å². The Bertz CT molecular complexity index is 203. The van der Waals surface area contributed by atoms with E-state index in [1.54, 1.807) is 0 Å². The second-order valence-corrected chi connectivity index (χ2v) is 2.77. The van der Waals surface area contributed by atoms with Gasteiger partial charge in [-0.3, -0.25) is 0 Å². The van der Waals surface area contributed by atoms with Crippen LogP contribution in [0.2, 0.25) is 0 Å². The van der Waals surface area contributed by atoms with Gasteiger partial charge in [0.25, 0.3) is 0 Å². The van der Waals surface area contributed by atoms with Gasteiger partial charge < -0.3 is 14.3 Å². The maximum atomic E-state index is 9.95. The molecule has 0 radical (unpaired) electrons. The molecule has 1 aliphatic heterocycles. The van der Waals surface area contributed by atoms with E-state index in [-0.39, 0.29) is 6.10 Å². The van der Waals surface area contributed by atoms with Crippen molar-refractivity contribution in [3.8, 4) is 0 Å². The van der Waals surface area contributed by atoms with Gasteiger partial charge in [0.15, 0.2) is 6.29 Å². The minimum Gasteiger partial charge on any atom is -0.376 e. The van der Waals surface area contributed by atoms with Gasteiger partial charge in [0, 0.05) is 0 Å². The Kier molecular flexibility index (Phi) is 5.63. The highest BCUT2D eigenvalue weighted by Gasteiger charge is 2.11. The first-order valence-corrected chi connectivity index (χ1v) is 4.58. The van der Waals surface area contributed by atoms with E-state index in [9.17, 15) is 4.79 Å². The van der Waals surface area contributed by atoms with E-state index in [2.05, 4.69) is 0 Å². The summed E-state index contributed by atoms with van der Waals surface area (Å²) in [6.07, 6.45) is 0.447. The van der Waals surface area contributed by atoms with Crippen LogP contribution in [0.25, 0.3) is 0 Å². The van der Waals surface area contributed by atoms with Crippen LogP contribution in [0.15, 0.2) is 36.4 Å². The normalized spacial score (nSPS) is 20.4. The van der Waals surface area contributed by atoms with Gasteiger partial charge in [-0.2, -0.15) is 0 Å². The molecule has 1 aliphatic rings. The summed E-state index contributed by atoms with van der Waals surface area (Å²) in [6.45, 7) is 1.58. The minimum atomic E-state index is -0.316. The van der Waals surface area contributed by atoms with Gasteiger partial charge in [-0.25, -0.2) is 0 Å². The Labute approximate surface area is 83.6 Å². The average molecular weight is 194 g/mol. The lowest BCUT2D eigenvalue weighted by atomic mass is 10.4. The van der Waals surface area contributed by atoms with Crippen LogP contribution in [0.3, 0.4) is 0 Å². The Morgan fingerprint density at radius 1 is 1.00 bits per heavy atom. The summed E-state index contributed by atoms with van der Waals surface area (Å²) in [4.78, 5) is 9.95. The predicted octanol–water partition coefficient (Wildman–Crippen LogP) is 1.29. The van der Waals surface area contributed by atoms with Crippen molar-refractivity contribution in [3.05, 3.63) is 36.4 Å². The molecule has 0 saturated carbocycles. The van der Waals surface area contributed by atoms with Gasteiger partial charge in [0.05, 0.1) is 19.8 Å². The van der Waals surface area contributed by atoms with Crippen LogP contribution in [0.5, 0.6) is 0 Å². The molecule has 1 heterocycles. The van der Waals surface area contributed by atoms with Crippen LogP contribution < -0.4 is 0 Å². The van der Waals surface area contributed by atoms with Crippen molar-refractivity contribution < 1.29 is 14.3 Å². The molecular weight excluding hydrogens is 180 g/mol. The standard InChI is InChI=1S/C6H6.C5H8O3/c1-2-4-6-5-3-1;6-3-5-4-7-1-2-8-5/h1-6H;3,5H,1-2,4H2. The number of carbonyl (C=O) groups excluding carboxylic acids is 1. The van der Waals surface area contributed by atoms with Gasteiger partial charge in [0.1, 0.15) is 6.10 Å². The fourth-order valence-corrected chi connectivity index (χ4v) is 0.969. The highest BCUT2D eigenvalue weighted by atomic mass is 16.6. The van der Waals surface area contributed by atoms with Crippen LogP contribution in [0, 0.1) is 0 Å². The van der Waals surface area contributed by atoms with Crippen LogP contribution in [-0.4, -0.2) is 32.2 Å². The zero-order valence-corrected chi connectivity index (χ0v) is 7.96. The monoisotopic (exact) mass is 194 g/mol. The Hall–Kier alpha value is -1.19. The van der Waals surface area contributed by atoms with Crippen LogP contribution in [0.4, 0.5) is 0 Å². The van der Waals surface area contributed by atoms with Crippen LogP contribution >= 0.6 is 0 Å². The number of rotatable bonds is 1. The molecule has 1 aromatic rings. The molecule has 1 unspecified atom stereocenters. The fraction of sp³-hybridized carbons (Fsp3) is 0.364. The molecule has 0 N–H and O–H groups in total. The van der Waals surface area contributed by atoms with Gasteiger partial charge in [-0.05, 0) is 0 Å². The largest absolute Gasteiger partial charge is 0.376 e.